The van der Waals surface area contributed by atoms with Crippen LogP contribution in [-0.2, 0) is 6.42 Å². The maximum atomic E-state index is 8.67. The summed E-state index contributed by atoms with van der Waals surface area (Å²) in [5.74, 6) is -0.0626. The van der Waals surface area contributed by atoms with Gasteiger partial charge < -0.3 is 0 Å². The highest BCUT2D eigenvalue weighted by Gasteiger charge is 2.01. The van der Waals surface area contributed by atoms with Crippen LogP contribution in [0, 0.1) is 17.2 Å². The molecule has 12 heavy (non-hydrogen) atoms. The van der Waals surface area contributed by atoms with Crippen LogP contribution in [-0.4, -0.2) is 0 Å². The molecule has 0 N–H and O–H groups in total. The summed E-state index contributed by atoms with van der Waals surface area (Å²) in [7, 11) is 0. The van der Waals surface area contributed by atoms with Crippen LogP contribution in [0.1, 0.15) is 5.56 Å². The van der Waals surface area contributed by atoms with Crippen molar-refractivity contribution in [2.24, 2.45) is 5.92 Å². The predicted octanol–water partition coefficient (Wildman–Crippen LogP) is 2.55. The fourth-order valence-electron chi connectivity index (χ4n) is 1.05. The van der Waals surface area contributed by atoms with Gasteiger partial charge in [0.25, 0.3) is 0 Å². The minimum Gasteiger partial charge on any atom is -0.198 e. The van der Waals surface area contributed by atoms with Crippen molar-refractivity contribution in [1.82, 2.24) is 0 Å². The average Bonchev–Trinajstić information content (AvgIpc) is 2.16. The van der Waals surface area contributed by atoms with Gasteiger partial charge in [-0.25, -0.2) is 0 Å². The van der Waals surface area contributed by atoms with Gasteiger partial charge in [-0.15, -0.1) is 6.58 Å². The fraction of sp³-hybridized carbons (Fsp3) is 0.182. The van der Waals surface area contributed by atoms with Crippen molar-refractivity contribution in [2.45, 2.75) is 6.42 Å². The average molecular weight is 157 g/mol. The monoisotopic (exact) mass is 157 g/mol. The smallest absolute Gasteiger partial charge is 0.0700 e. The number of benzene rings is 1. The molecule has 0 fully saturated rings. The Balaban J connectivity index is 2.64. The summed E-state index contributed by atoms with van der Waals surface area (Å²) in [6, 6.07) is 12.2. The minimum absolute atomic E-state index is 0.0626. The molecule has 1 atom stereocenters. The molecule has 0 aliphatic carbocycles. The first-order valence-electron chi connectivity index (χ1n) is 3.93. The quantitative estimate of drug-likeness (QED) is 0.618. The molecule has 1 rings (SSSR count). The molecule has 1 nitrogen and oxygen atoms in total. The van der Waals surface area contributed by atoms with E-state index >= 15 is 0 Å². The van der Waals surface area contributed by atoms with Crippen molar-refractivity contribution in [1.29, 1.82) is 5.26 Å². The van der Waals surface area contributed by atoms with Crippen molar-refractivity contribution in [3.05, 3.63) is 48.6 Å². The predicted molar refractivity (Wildman–Crippen MR) is 49.4 cm³/mol. The van der Waals surface area contributed by atoms with Crippen LogP contribution in [0.4, 0.5) is 0 Å². The summed E-state index contributed by atoms with van der Waals surface area (Å²) >= 11 is 0. The van der Waals surface area contributed by atoms with Crippen molar-refractivity contribution < 1.29 is 0 Å². The van der Waals surface area contributed by atoms with Crippen molar-refractivity contribution in [3.8, 4) is 6.07 Å². The third-order valence-electron chi connectivity index (χ3n) is 1.75. The molecule has 0 amide bonds. The van der Waals surface area contributed by atoms with E-state index in [1.807, 2.05) is 30.3 Å². The van der Waals surface area contributed by atoms with Crippen LogP contribution in [0.25, 0.3) is 0 Å². The molecule has 0 spiro atoms. The number of allylic oxidation sites excluding steroid dienone is 1. The molecule has 0 radical (unpaired) electrons. The number of nitriles is 1. The second kappa shape index (κ2) is 4.35. The second-order valence-electron chi connectivity index (χ2n) is 2.66. The van der Waals surface area contributed by atoms with Crippen LogP contribution in [0.5, 0.6) is 0 Å². The zero-order valence-corrected chi connectivity index (χ0v) is 6.90. The van der Waals surface area contributed by atoms with Crippen molar-refractivity contribution >= 4 is 0 Å². The third-order valence-corrected chi connectivity index (χ3v) is 1.75. The summed E-state index contributed by atoms with van der Waals surface area (Å²) in [5, 5.41) is 8.67. The van der Waals surface area contributed by atoms with Gasteiger partial charge in [-0.3, -0.25) is 0 Å². The van der Waals surface area contributed by atoms with Gasteiger partial charge in [0, 0.05) is 0 Å². The highest BCUT2D eigenvalue weighted by atomic mass is 14.3. The molecule has 0 saturated carbocycles. The van der Waals surface area contributed by atoms with Gasteiger partial charge >= 0.3 is 0 Å². The first-order chi connectivity index (χ1) is 5.86. The van der Waals surface area contributed by atoms with Gasteiger partial charge in [-0.05, 0) is 12.0 Å². The summed E-state index contributed by atoms with van der Waals surface area (Å²) in [5.41, 5.74) is 1.18. The maximum Gasteiger partial charge on any atom is 0.0700 e. The summed E-state index contributed by atoms with van der Waals surface area (Å²) in [6.45, 7) is 3.61. The Bertz CT molecular complexity index is 282. The van der Waals surface area contributed by atoms with Crippen LogP contribution in [0.3, 0.4) is 0 Å². The van der Waals surface area contributed by atoms with Gasteiger partial charge in [0.15, 0.2) is 0 Å². The topological polar surface area (TPSA) is 23.8 Å². The van der Waals surface area contributed by atoms with Crippen LogP contribution in [0.2, 0.25) is 0 Å². The number of hydrogen-bond acceptors (Lipinski definition) is 1. The molecular formula is C11H11N. The highest BCUT2D eigenvalue weighted by Crippen LogP contribution is 2.07. The molecular weight excluding hydrogens is 146 g/mol. The number of hydrogen-bond donors (Lipinski definition) is 0. The minimum atomic E-state index is -0.0626. The lowest BCUT2D eigenvalue weighted by Gasteiger charge is -2.01. The molecule has 1 aromatic rings. The van der Waals surface area contributed by atoms with Gasteiger partial charge in [0.05, 0.1) is 12.0 Å². The highest BCUT2D eigenvalue weighted by molar-refractivity contribution is 5.17. The van der Waals surface area contributed by atoms with Crippen LogP contribution >= 0.6 is 0 Å². The normalized spacial score (nSPS) is 11.6. The Hall–Kier alpha value is -1.55. The Kier molecular flexibility index (Phi) is 3.10. The molecule has 0 bridgehead atoms. The first-order valence-corrected chi connectivity index (χ1v) is 3.93. The van der Waals surface area contributed by atoms with Crippen LogP contribution < -0.4 is 0 Å². The van der Waals surface area contributed by atoms with E-state index in [9.17, 15) is 0 Å². The fourth-order valence-corrected chi connectivity index (χ4v) is 1.05. The lowest BCUT2D eigenvalue weighted by atomic mass is 10.0. The molecule has 0 saturated heterocycles. The Labute approximate surface area is 73.0 Å². The van der Waals surface area contributed by atoms with E-state index in [1.165, 1.54) is 5.56 Å². The van der Waals surface area contributed by atoms with E-state index in [1.54, 1.807) is 6.08 Å². The Morgan fingerprint density at radius 2 is 2.08 bits per heavy atom. The first kappa shape index (κ1) is 8.55. The van der Waals surface area contributed by atoms with Gasteiger partial charge in [-0.2, -0.15) is 5.26 Å². The van der Waals surface area contributed by atoms with Gasteiger partial charge in [0.2, 0.25) is 0 Å². The van der Waals surface area contributed by atoms with E-state index in [-0.39, 0.29) is 5.92 Å². The molecule has 60 valence electrons. The molecule has 0 aliphatic heterocycles. The SMILES string of the molecule is C=CC(C#N)Cc1ccccc1. The number of nitrogens with zero attached hydrogens (tertiary/aromatic N) is 1. The number of rotatable bonds is 3. The maximum absolute atomic E-state index is 8.67. The van der Waals surface area contributed by atoms with Gasteiger partial charge in [-0.1, -0.05) is 36.4 Å². The zero-order chi connectivity index (χ0) is 8.81. The third kappa shape index (κ3) is 2.25. The van der Waals surface area contributed by atoms with Crippen molar-refractivity contribution in [3.63, 3.8) is 0 Å². The van der Waals surface area contributed by atoms with Crippen LogP contribution in [0.15, 0.2) is 43.0 Å². The van der Waals surface area contributed by atoms with E-state index in [0.29, 0.717) is 0 Å². The molecule has 1 aromatic carbocycles. The molecule has 1 unspecified atom stereocenters. The molecule has 0 aromatic heterocycles. The standard InChI is InChI=1S/C11H11N/c1-2-10(9-12)8-11-6-4-3-5-7-11/h2-7,10H,1,8H2. The lowest BCUT2D eigenvalue weighted by molar-refractivity contribution is 0.822. The van der Waals surface area contributed by atoms with Gasteiger partial charge in [0.1, 0.15) is 0 Å². The zero-order valence-electron chi connectivity index (χ0n) is 6.90. The Morgan fingerprint density at radius 3 is 2.58 bits per heavy atom. The van der Waals surface area contributed by atoms with E-state index in [4.69, 9.17) is 5.26 Å². The largest absolute Gasteiger partial charge is 0.198 e. The summed E-state index contributed by atoms with van der Waals surface area (Å²) in [4.78, 5) is 0. The summed E-state index contributed by atoms with van der Waals surface area (Å²) < 4.78 is 0. The lowest BCUT2D eigenvalue weighted by Crippen LogP contribution is -1.96. The van der Waals surface area contributed by atoms with Crippen molar-refractivity contribution in [2.75, 3.05) is 0 Å². The van der Waals surface area contributed by atoms with E-state index < -0.39 is 0 Å². The second-order valence-corrected chi connectivity index (χ2v) is 2.66. The van der Waals surface area contributed by atoms with E-state index in [0.717, 1.165) is 6.42 Å². The molecule has 1 heteroatoms. The molecule has 0 heterocycles. The molecule has 0 aliphatic rings. The van der Waals surface area contributed by atoms with E-state index in [2.05, 4.69) is 12.6 Å². The Morgan fingerprint density at radius 1 is 1.42 bits per heavy atom. The summed E-state index contributed by atoms with van der Waals surface area (Å²) in [6.07, 6.45) is 2.45.